The van der Waals surface area contributed by atoms with Gasteiger partial charge in [-0.1, -0.05) is 55.3 Å². The van der Waals surface area contributed by atoms with Gasteiger partial charge in [-0.3, -0.25) is 14.5 Å². The van der Waals surface area contributed by atoms with Gasteiger partial charge in [-0.15, -0.1) is 6.58 Å². The van der Waals surface area contributed by atoms with E-state index in [1.807, 2.05) is 42.5 Å². The van der Waals surface area contributed by atoms with Crippen molar-refractivity contribution in [1.29, 1.82) is 0 Å². The Balaban J connectivity index is 1.49. The number of carboxylic acids is 1. The van der Waals surface area contributed by atoms with Gasteiger partial charge >= 0.3 is 5.97 Å². The van der Waals surface area contributed by atoms with Crippen molar-refractivity contribution in [1.82, 2.24) is 4.90 Å². The molecule has 204 valence electrons. The average molecular weight is 523 g/mol. The highest BCUT2D eigenvalue weighted by molar-refractivity contribution is 5.92. The standard InChI is InChI=1S/C30H38N2O6/c1-2-17-32(25-5-3-4-6-25)19-26-18-27(22-9-7-21(20-33)8-10-22)38-30(37-26)23-11-13-24(14-12-23)31-28(34)15-16-29(35)36/h2,7-14,25-27,30,33H,1,3-6,15-20H2,(H,31,34)(H,35,36)/t26-,27+,30+/m0/s1. The minimum atomic E-state index is -1.00. The molecule has 1 saturated carbocycles. The van der Waals surface area contributed by atoms with E-state index in [9.17, 15) is 14.7 Å². The summed E-state index contributed by atoms with van der Waals surface area (Å²) in [6.45, 7) is 5.58. The lowest BCUT2D eigenvalue weighted by molar-refractivity contribution is -0.253. The molecule has 1 amide bonds. The molecule has 0 spiro atoms. The third-order valence-corrected chi connectivity index (χ3v) is 7.29. The molecule has 1 aliphatic heterocycles. The molecular weight excluding hydrogens is 484 g/mol. The normalized spacial score (nSPS) is 21.9. The fourth-order valence-electron chi connectivity index (χ4n) is 5.27. The number of hydrogen-bond acceptors (Lipinski definition) is 6. The van der Waals surface area contributed by atoms with E-state index in [2.05, 4.69) is 16.8 Å². The number of carboxylic acid groups (broad SMARTS) is 1. The molecule has 38 heavy (non-hydrogen) atoms. The van der Waals surface area contributed by atoms with Gasteiger partial charge in [0.25, 0.3) is 0 Å². The first-order chi connectivity index (χ1) is 18.4. The number of aliphatic hydroxyl groups excluding tert-OH is 1. The van der Waals surface area contributed by atoms with Crippen LogP contribution in [-0.4, -0.2) is 52.2 Å². The van der Waals surface area contributed by atoms with E-state index in [1.165, 1.54) is 25.7 Å². The van der Waals surface area contributed by atoms with E-state index in [-0.39, 0.29) is 37.6 Å². The fourth-order valence-corrected chi connectivity index (χ4v) is 5.27. The zero-order valence-corrected chi connectivity index (χ0v) is 21.8. The van der Waals surface area contributed by atoms with Gasteiger partial charge in [0.05, 0.1) is 25.2 Å². The monoisotopic (exact) mass is 522 g/mol. The van der Waals surface area contributed by atoms with Crippen LogP contribution in [0.2, 0.25) is 0 Å². The lowest BCUT2D eigenvalue weighted by Gasteiger charge is -2.39. The number of aliphatic carboxylic acids is 1. The number of anilines is 1. The molecule has 4 rings (SSSR count). The minimum Gasteiger partial charge on any atom is -0.481 e. The number of nitrogens with zero attached hydrogens (tertiary/aromatic N) is 1. The number of benzene rings is 2. The summed E-state index contributed by atoms with van der Waals surface area (Å²) in [5.74, 6) is -1.34. The lowest BCUT2D eigenvalue weighted by Crippen LogP contribution is -2.43. The van der Waals surface area contributed by atoms with E-state index < -0.39 is 12.3 Å². The maximum Gasteiger partial charge on any atom is 0.303 e. The van der Waals surface area contributed by atoms with Gasteiger partial charge < -0.3 is 25.0 Å². The van der Waals surface area contributed by atoms with Crippen LogP contribution < -0.4 is 5.32 Å². The van der Waals surface area contributed by atoms with Gasteiger partial charge in [-0.05, 0) is 36.1 Å². The zero-order chi connectivity index (χ0) is 26.9. The van der Waals surface area contributed by atoms with Crippen LogP contribution in [0.3, 0.4) is 0 Å². The van der Waals surface area contributed by atoms with Gasteiger partial charge in [0, 0.05) is 43.2 Å². The van der Waals surface area contributed by atoms with Crippen LogP contribution in [0.5, 0.6) is 0 Å². The van der Waals surface area contributed by atoms with Gasteiger partial charge in [-0.2, -0.15) is 0 Å². The SMILES string of the molecule is C=CCN(C[C@@H]1C[C@H](c2ccc(CO)cc2)O[C@H](c2ccc(NC(=O)CCC(=O)O)cc2)O1)C1CCCC1. The topological polar surface area (TPSA) is 108 Å². The second-order valence-corrected chi connectivity index (χ2v) is 10.1. The largest absolute Gasteiger partial charge is 0.481 e. The highest BCUT2D eigenvalue weighted by Crippen LogP contribution is 2.39. The average Bonchev–Trinajstić information content (AvgIpc) is 3.47. The molecule has 0 bridgehead atoms. The first-order valence-electron chi connectivity index (χ1n) is 13.4. The highest BCUT2D eigenvalue weighted by Gasteiger charge is 2.34. The van der Waals surface area contributed by atoms with E-state index in [4.69, 9.17) is 14.6 Å². The molecule has 3 atom stereocenters. The van der Waals surface area contributed by atoms with Crippen molar-refractivity contribution in [3.8, 4) is 0 Å². The van der Waals surface area contributed by atoms with Gasteiger partial charge in [-0.25, -0.2) is 0 Å². The molecule has 0 unspecified atom stereocenters. The van der Waals surface area contributed by atoms with Crippen LogP contribution in [0.1, 0.15) is 74.0 Å². The number of nitrogens with one attached hydrogen (secondary N) is 1. The summed E-state index contributed by atoms with van der Waals surface area (Å²) in [7, 11) is 0. The second-order valence-electron chi connectivity index (χ2n) is 10.1. The van der Waals surface area contributed by atoms with Crippen molar-refractivity contribution in [3.05, 3.63) is 77.9 Å². The number of carbonyl (C=O) groups excluding carboxylic acids is 1. The zero-order valence-electron chi connectivity index (χ0n) is 21.8. The summed E-state index contributed by atoms with van der Waals surface area (Å²) in [6, 6.07) is 15.7. The summed E-state index contributed by atoms with van der Waals surface area (Å²) >= 11 is 0. The van der Waals surface area contributed by atoms with Crippen molar-refractivity contribution >= 4 is 17.6 Å². The summed E-state index contributed by atoms with van der Waals surface area (Å²) < 4.78 is 12.9. The minimum absolute atomic E-state index is 0.00272. The van der Waals surface area contributed by atoms with E-state index >= 15 is 0 Å². The fraction of sp³-hybridized carbons (Fsp3) is 0.467. The van der Waals surface area contributed by atoms with Crippen LogP contribution in [0, 0.1) is 0 Å². The molecule has 1 aliphatic carbocycles. The van der Waals surface area contributed by atoms with Crippen molar-refractivity contribution in [2.24, 2.45) is 0 Å². The summed E-state index contributed by atoms with van der Waals surface area (Å²) in [4.78, 5) is 25.2. The summed E-state index contributed by atoms with van der Waals surface area (Å²) in [5, 5.41) is 21.0. The molecule has 2 aromatic carbocycles. The molecule has 2 aliphatic rings. The number of carbonyl (C=O) groups is 2. The Labute approximate surface area is 224 Å². The predicted octanol–water partition coefficient (Wildman–Crippen LogP) is 4.96. The maximum absolute atomic E-state index is 12.0. The highest BCUT2D eigenvalue weighted by atomic mass is 16.7. The van der Waals surface area contributed by atoms with E-state index in [1.54, 1.807) is 12.1 Å². The quantitative estimate of drug-likeness (QED) is 0.338. The molecule has 3 N–H and O–H groups in total. The maximum atomic E-state index is 12.0. The number of amides is 1. The smallest absolute Gasteiger partial charge is 0.303 e. The molecule has 8 nitrogen and oxygen atoms in total. The Morgan fingerprint density at radius 3 is 2.32 bits per heavy atom. The Morgan fingerprint density at radius 1 is 1.00 bits per heavy atom. The number of hydrogen-bond donors (Lipinski definition) is 3. The Morgan fingerprint density at radius 2 is 1.68 bits per heavy atom. The first-order valence-corrected chi connectivity index (χ1v) is 13.4. The van der Waals surface area contributed by atoms with Crippen LogP contribution in [0.25, 0.3) is 0 Å². The van der Waals surface area contributed by atoms with Crippen LogP contribution in [0.15, 0.2) is 61.2 Å². The third kappa shape index (κ3) is 7.74. The molecule has 1 heterocycles. The second kappa shape index (κ2) is 13.7. The number of aliphatic hydroxyl groups is 1. The Kier molecular flexibility index (Phi) is 10.1. The molecular formula is C30H38N2O6. The van der Waals surface area contributed by atoms with E-state index in [0.29, 0.717) is 18.2 Å². The molecule has 0 aromatic heterocycles. The number of rotatable bonds is 12. The van der Waals surface area contributed by atoms with Crippen molar-refractivity contribution in [2.45, 2.75) is 76.1 Å². The van der Waals surface area contributed by atoms with Crippen molar-refractivity contribution in [2.75, 3.05) is 18.4 Å². The summed E-state index contributed by atoms with van der Waals surface area (Å²) in [6.07, 6.45) is 6.51. The predicted molar refractivity (Wildman–Crippen MR) is 144 cm³/mol. The Hall–Kier alpha value is -3.04. The molecule has 0 radical (unpaired) electrons. The van der Waals surface area contributed by atoms with Crippen LogP contribution in [0.4, 0.5) is 5.69 Å². The molecule has 2 fully saturated rings. The molecule has 8 heteroatoms. The van der Waals surface area contributed by atoms with E-state index in [0.717, 1.165) is 29.8 Å². The van der Waals surface area contributed by atoms with Gasteiger partial charge in [0.1, 0.15) is 0 Å². The van der Waals surface area contributed by atoms with Gasteiger partial charge in [0.15, 0.2) is 6.29 Å². The Bertz CT molecular complexity index is 1070. The van der Waals surface area contributed by atoms with Crippen LogP contribution >= 0.6 is 0 Å². The van der Waals surface area contributed by atoms with Gasteiger partial charge in [0.2, 0.25) is 5.91 Å². The van der Waals surface area contributed by atoms with Crippen LogP contribution in [-0.2, 0) is 25.7 Å². The molecule has 2 aromatic rings. The first kappa shape index (κ1) is 28.0. The molecule has 1 saturated heterocycles. The van der Waals surface area contributed by atoms with Crippen molar-refractivity contribution < 1.29 is 29.3 Å². The summed E-state index contributed by atoms with van der Waals surface area (Å²) in [5.41, 5.74) is 3.32. The third-order valence-electron chi connectivity index (χ3n) is 7.29. The van der Waals surface area contributed by atoms with Crippen molar-refractivity contribution in [3.63, 3.8) is 0 Å². The lowest BCUT2D eigenvalue weighted by atomic mass is 9.99. The number of ether oxygens (including phenoxy) is 2.